The fraction of sp³-hybridized carbons (Fsp3) is 0.440. The van der Waals surface area contributed by atoms with Crippen LogP contribution in [0.2, 0.25) is 0 Å². The highest BCUT2D eigenvalue weighted by Gasteiger charge is 2.28. The molecular formula is C25H29N5O3S. The zero-order chi connectivity index (χ0) is 23.5. The van der Waals surface area contributed by atoms with Crippen molar-refractivity contribution in [3.8, 4) is 0 Å². The number of fused-ring (bicyclic) bond motifs is 1. The van der Waals surface area contributed by atoms with Crippen molar-refractivity contribution in [2.45, 2.75) is 50.5 Å². The number of piperidine rings is 1. The molecule has 0 bridgehead atoms. The van der Waals surface area contributed by atoms with Gasteiger partial charge >= 0.3 is 0 Å². The zero-order valence-corrected chi connectivity index (χ0v) is 19.8. The maximum absolute atomic E-state index is 12.9. The number of nitrogens with one attached hydrogen (secondary N) is 3. The lowest BCUT2D eigenvalue weighted by Crippen LogP contribution is -2.45. The lowest BCUT2D eigenvalue weighted by Gasteiger charge is -2.31. The van der Waals surface area contributed by atoms with E-state index in [2.05, 4.69) is 20.6 Å². The molecule has 34 heavy (non-hydrogen) atoms. The molecule has 2 aliphatic rings. The van der Waals surface area contributed by atoms with Crippen LogP contribution in [0.5, 0.6) is 0 Å². The molecule has 8 nitrogen and oxygen atoms in total. The molecule has 2 saturated heterocycles. The van der Waals surface area contributed by atoms with Crippen molar-refractivity contribution in [1.82, 2.24) is 25.5 Å². The van der Waals surface area contributed by atoms with E-state index in [1.807, 2.05) is 35.4 Å². The Kier molecular flexibility index (Phi) is 6.62. The number of rotatable bonds is 5. The van der Waals surface area contributed by atoms with Gasteiger partial charge in [-0.15, -0.1) is 11.3 Å². The average Bonchev–Trinajstić information content (AvgIpc) is 3.46. The van der Waals surface area contributed by atoms with Gasteiger partial charge in [0.25, 0.3) is 5.91 Å². The lowest BCUT2D eigenvalue weighted by atomic mass is 9.97. The van der Waals surface area contributed by atoms with Gasteiger partial charge in [-0.05, 0) is 43.7 Å². The van der Waals surface area contributed by atoms with Crippen LogP contribution in [0.1, 0.15) is 59.1 Å². The van der Waals surface area contributed by atoms with Crippen molar-refractivity contribution in [3.63, 3.8) is 0 Å². The minimum atomic E-state index is -0.494. The highest BCUT2D eigenvalue weighted by molar-refractivity contribution is 7.09. The summed E-state index contributed by atoms with van der Waals surface area (Å²) in [5.74, 6) is -0.0316. The minimum Gasteiger partial charge on any atom is -0.361 e. The summed E-state index contributed by atoms with van der Waals surface area (Å²) in [7, 11) is 0. The number of benzene rings is 1. The molecule has 2 aliphatic heterocycles. The quantitative estimate of drug-likeness (QED) is 0.523. The van der Waals surface area contributed by atoms with E-state index in [0.29, 0.717) is 38.2 Å². The Bertz CT molecular complexity index is 1190. The molecule has 4 heterocycles. The molecule has 0 saturated carbocycles. The number of H-pyrrole nitrogens is 1. The molecule has 3 amide bonds. The summed E-state index contributed by atoms with van der Waals surface area (Å²) >= 11 is 1.49. The van der Waals surface area contributed by atoms with Crippen molar-refractivity contribution in [3.05, 3.63) is 52.1 Å². The molecule has 2 aromatic heterocycles. The van der Waals surface area contributed by atoms with Gasteiger partial charge in [0, 0.05) is 48.0 Å². The number of likely N-dealkylation sites (tertiary alicyclic amines) is 1. The first-order chi connectivity index (χ1) is 16.6. The number of nitrogens with zero attached hydrogens (tertiary/aromatic N) is 2. The van der Waals surface area contributed by atoms with Crippen molar-refractivity contribution in [2.75, 3.05) is 19.6 Å². The zero-order valence-electron chi connectivity index (χ0n) is 19.0. The maximum atomic E-state index is 12.9. The van der Waals surface area contributed by atoms with Gasteiger partial charge in [-0.3, -0.25) is 14.4 Å². The molecule has 1 unspecified atom stereocenters. The van der Waals surface area contributed by atoms with E-state index >= 15 is 0 Å². The van der Waals surface area contributed by atoms with Crippen molar-refractivity contribution >= 4 is 40.0 Å². The van der Waals surface area contributed by atoms with Crippen LogP contribution in [0.3, 0.4) is 0 Å². The summed E-state index contributed by atoms with van der Waals surface area (Å²) in [6.45, 7) is 2.04. The van der Waals surface area contributed by atoms with Crippen LogP contribution in [-0.2, 0) is 16.0 Å². The van der Waals surface area contributed by atoms with Crippen LogP contribution in [0, 0.1) is 0 Å². The predicted molar refractivity (Wildman–Crippen MR) is 131 cm³/mol. The van der Waals surface area contributed by atoms with Gasteiger partial charge in [0.2, 0.25) is 11.8 Å². The lowest BCUT2D eigenvalue weighted by molar-refractivity contribution is -0.131. The average molecular weight is 480 g/mol. The van der Waals surface area contributed by atoms with Crippen LogP contribution in [0.25, 0.3) is 10.9 Å². The van der Waals surface area contributed by atoms with Gasteiger partial charge < -0.3 is 20.5 Å². The minimum absolute atomic E-state index is 0.119. The summed E-state index contributed by atoms with van der Waals surface area (Å²) in [5.41, 5.74) is 2.45. The Morgan fingerprint density at radius 2 is 1.97 bits per heavy atom. The fourth-order valence-electron chi connectivity index (χ4n) is 4.82. The molecule has 1 atom stereocenters. The Morgan fingerprint density at radius 1 is 1.15 bits per heavy atom. The van der Waals surface area contributed by atoms with E-state index in [-0.39, 0.29) is 23.6 Å². The summed E-state index contributed by atoms with van der Waals surface area (Å²) in [6, 6.07) is 7.54. The second-order valence-electron chi connectivity index (χ2n) is 9.08. The summed E-state index contributed by atoms with van der Waals surface area (Å²) in [4.78, 5) is 47.4. The van der Waals surface area contributed by atoms with E-state index in [4.69, 9.17) is 0 Å². The Morgan fingerprint density at radius 3 is 2.82 bits per heavy atom. The molecule has 5 rings (SSSR count). The number of para-hydroxylation sites is 1. The third-order valence-electron chi connectivity index (χ3n) is 6.81. The Balaban J connectivity index is 1.15. The second kappa shape index (κ2) is 9.97. The van der Waals surface area contributed by atoms with Gasteiger partial charge in [0.1, 0.15) is 11.7 Å². The smallest absolute Gasteiger partial charge is 0.271 e. The SMILES string of the molecule is O=C(NC1CCCCNC1=O)c1csc(C2CCN(C(=O)Cc3c[nH]c4ccccc34)CC2)n1. The number of carbonyl (C=O) groups is 3. The third-order valence-corrected chi connectivity index (χ3v) is 7.82. The number of hydrogen-bond acceptors (Lipinski definition) is 5. The number of aromatic amines is 1. The monoisotopic (exact) mass is 479 g/mol. The summed E-state index contributed by atoms with van der Waals surface area (Å²) < 4.78 is 0. The first kappa shape index (κ1) is 22.6. The van der Waals surface area contributed by atoms with E-state index in [1.54, 1.807) is 5.38 Å². The molecule has 3 N–H and O–H groups in total. The number of hydrogen-bond donors (Lipinski definition) is 3. The second-order valence-corrected chi connectivity index (χ2v) is 9.96. The van der Waals surface area contributed by atoms with E-state index in [0.717, 1.165) is 47.2 Å². The third kappa shape index (κ3) is 4.84. The van der Waals surface area contributed by atoms with Crippen molar-refractivity contribution < 1.29 is 14.4 Å². The molecule has 9 heteroatoms. The van der Waals surface area contributed by atoms with E-state index in [1.165, 1.54) is 11.3 Å². The molecule has 178 valence electrons. The molecule has 0 radical (unpaired) electrons. The molecule has 1 aromatic carbocycles. The Labute approximate surface area is 202 Å². The maximum Gasteiger partial charge on any atom is 0.271 e. The molecule has 3 aromatic rings. The Hall–Kier alpha value is -3.20. The first-order valence-electron chi connectivity index (χ1n) is 12.0. The fourth-order valence-corrected chi connectivity index (χ4v) is 5.79. The highest BCUT2D eigenvalue weighted by Crippen LogP contribution is 2.31. The predicted octanol–water partition coefficient (Wildman–Crippen LogP) is 2.97. The van der Waals surface area contributed by atoms with Crippen LogP contribution >= 0.6 is 11.3 Å². The van der Waals surface area contributed by atoms with Gasteiger partial charge in [-0.1, -0.05) is 18.2 Å². The topological polar surface area (TPSA) is 107 Å². The van der Waals surface area contributed by atoms with E-state index in [9.17, 15) is 14.4 Å². The standard InChI is InChI=1S/C25H29N5O3S/c31-22(13-17-14-27-19-6-2-1-5-18(17)19)30-11-8-16(9-12-30)25-29-21(15-34-25)24(33)28-20-7-3-4-10-26-23(20)32/h1-2,5-6,14-16,20,27H,3-4,7-13H2,(H,26,32)(H,28,33). The molecular weight excluding hydrogens is 450 g/mol. The van der Waals surface area contributed by atoms with Gasteiger partial charge in [-0.25, -0.2) is 4.98 Å². The van der Waals surface area contributed by atoms with E-state index < -0.39 is 6.04 Å². The van der Waals surface area contributed by atoms with Crippen molar-refractivity contribution in [2.24, 2.45) is 0 Å². The molecule has 0 aliphatic carbocycles. The van der Waals surface area contributed by atoms with Gasteiger partial charge in [-0.2, -0.15) is 0 Å². The summed E-state index contributed by atoms with van der Waals surface area (Å²) in [5, 5.41) is 9.47. The summed E-state index contributed by atoms with van der Waals surface area (Å²) in [6.07, 6.45) is 6.48. The number of amides is 3. The van der Waals surface area contributed by atoms with Crippen LogP contribution in [0.15, 0.2) is 35.8 Å². The number of aromatic nitrogens is 2. The van der Waals surface area contributed by atoms with Gasteiger partial charge in [0.05, 0.1) is 11.4 Å². The highest BCUT2D eigenvalue weighted by atomic mass is 32.1. The first-order valence-corrected chi connectivity index (χ1v) is 12.8. The number of thiazole rings is 1. The normalized spacial score (nSPS) is 19.6. The number of carbonyl (C=O) groups excluding carboxylic acids is 3. The van der Waals surface area contributed by atoms with Crippen LogP contribution in [-0.4, -0.2) is 58.3 Å². The molecule has 2 fully saturated rings. The van der Waals surface area contributed by atoms with Gasteiger partial charge in [0.15, 0.2) is 0 Å². The van der Waals surface area contributed by atoms with Crippen LogP contribution in [0.4, 0.5) is 0 Å². The van der Waals surface area contributed by atoms with Crippen LogP contribution < -0.4 is 10.6 Å². The van der Waals surface area contributed by atoms with Crippen molar-refractivity contribution in [1.29, 1.82) is 0 Å². The molecule has 0 spiro atoms. The largest absolute Gasteiger partial charge is 0.361 e.